The number of aryl methyl sites for hydroxylation is 1. The lowest BCUT2D eigenvalue weighted by Gasteiger charge is -2.30. The number of nitrogens with zero attached hydrogens (tertiary/aromatic N) is 3. The molecule has 1 aromatic heterocycles. The van der Waals surface area contributed by atoms with Crippen LogP contribution in [0.1, 0.15) is 37.9 Å². The summed E-state index contributed by atoms with van der Waals surface area (Å²) in [5.74, 6) is 0. The van der Waals surface area contributed by atoms with E-state index in [1.807, 2.05) is 13.8 Å². The van der Waals surface area contributed by atoms with Gasteiger partial charge in [0.05, 0.1) is 5.60 Å². The summed E-state index contributed by atoms with van der Waals surface area (Å²) < 4.78 is 39.7. The van der Waals surface area contributed by atoms with Gasteiger partial charge in [0, 0.05) is 31.9 Å². The second-order valence-electron chi connectivity index (χ2n) is 5.28. The number of aromatic nitrogens is 2. The number of halogens is 3. The second kappa shape index (κ2) is 6.13. The fourth-order valence-electron chi connectivity index (χ4n) is 2.21. The van der Waals surface area contributed by atoms with Crippen LogP contribution < -0.4 is 0 Å². The zero-order valence-electron chi connectivity index (χ0n) is 12.3. The van der Waals surface area contributed by atoms with Crippen LogP contribution in [0.25, 0.3) is 0 Å². The Morgan fingerprint density at radius 1 is 1.30 bits per heavy atom. The van der Waals surface area contributed by atoms with E-state index in [4.69, 9.17) is 0 Å². The quantitative estimate of drug-likeness (QED) is 0.876. The van der Waals surface area contributed by atoms with E-state index < -0.39 is 17.5 Å². The van der Waals surface area contributed by atoms with Gasteiger partial charge in [0.15, 0.2) is 5.69 Å². The molecular weight excluding hydrogens is 271 g/mol. The lowest BCUT2D eigenvalue weighted by Crippen LogP contribution is -2.40. The minimum atomic E-state index is -4.46. The number of likely N-dealkylation sites (N-methyl/N-ethyl adjacent to an activating group) is 1. The molecule has 0 atom stereocenters. The van der Waals surface area contributed by atoms with Crippen LogP contribution in [0.4, 0.5) is 13.2 Å². The number of alkyl halides is 3. The number of hydrogen-bond acceptors (Lipinski definition) is 3. The smallest absolute Gasteiger partial charge is 0.389 e. The lowest BCUT2D eigenvalue weighted by molar-refractivity contribution is -0.142. The Kier molecular flexibility index (Phi) is 5.21. The molecule has 0 aliphatic heterocycles. The molecule has 0 aliphatic carbocycles. The number of hydrogen-bond donors (Lipinski definition) is 1. The highest BCUT2D eigenvalue weighted by Crippen LogP contribution is 2.31. The van der Waals surface area contributed by atoms with E-state index in [-0.39, 0.29) is 12.1 Å². The summed E-state index contributed by atoms with van der Waals surface area (Å²) in [5, 5.41) is 13.7. The molecule has 0 radical (unpaired) electrons. The summed E-state index contributed by atoms with van der Waals surface area (Å²) >= 11 is 0. The van der Waals surface area contributed by atoms with Gasteiger partial charge in [-0.3, -0.25) is 9.58 Å². The summed E-state index contributed by atoms with van der Waals surface area (Å²) in [6, 6.07) is 0. The van der Waals surface area contributed by atoms with Crippen molar-refractivity contribution in [2.45, 2.75) is 45.0 Å². The zero-order chi connectivity index (χ0) is 15.6. The average Bonchev–Trinajstić information content (AvgIpc) is 2.69. The summed E-state index contributed by atoms with van der Waals surface area (Å²) in [6.45, 7) is 4.16. The third-order valence-electron chi connectivity index (χ3n) is 3.49. The Morgan fingerprint density at radius 3 is 2.30 bits per heavy atom. The van der Waals surface area contributed by atoms with Gasteiger partial charge in [-0.2, -0.15) is 18.3 Å². The topological polar surface area (TPSA) is 41.3 Å². The fourth-order valence-corrected chi connectivity index (χ4v) is 2.21. The van der Waals surface area contributed by atoms with Crippen molar-refractivity contribution in [3.8, 4) is 0 Å². The highest BCUT2D eigenvalue weighted by molar-refractivity contribution is 5.19. The maximum absolute atomic E-state index is 12.8. The molecule has 20 heavy (non-hydrogen) atoms. The molecule has 0 fully saturated rings. The highest BCUT2D eigenvalue weighted by atomic mass is 19.4. The molecular formula is C13H22F3N3O. The van der Waals surface area contributed by atoms with Gasteiger partial charge in [-0.25, -0.2) is 0 Å². The Hall–Kier alpha value is -1.08. The SMILES string of the molecule is CCC(O)(CC)CN(C)Cc1cn(C)nc1C(F)(F)F. The van der Waals surface area contributed by atoms with Gasteiger partial charge in [-0.15, -0.1) is 0 Å². The van der Waals surface area contributed by atoms with Crippen molar-refractivity contribution in [2.75, 3.05) is 13.6 Å². The first kappa shape index (κ1) is 17.0. The highest BCUT2D eigenvalue weighted by Gasteiger charge is 2.37. The molecule has 0 amide bonds. The summed E-state index contributed by atoms with van der Waals surface area (Å²) in [4.78, 5) is 1.69. The van der Waals surface area contributed by atoms with Crippen LogP contribution in [0.15, 0.2) is 6.20 Å². The van der Waals surface area contributed by atoms with Crippen LogP contribution in [-0.2, 0) is 19.8 Å². The number of aliphatic hydroxyl groups is 1. The van der Waals surface area contributed by atoms with Crippen LogP contribution in [0, 0.1) is 0 Å². The predicted octanol–water partition coefficient (Wildman–Crippen LogP) is 2.42. The monoisotopic (exact) mass is 293 g/mol. The third-order valence-corrected chi connectivity index (χ3v) is 3.49. The zero-order valence-corrected chi connectivity index (χ0v) is 12.3. The molecule has 1 N–H and O–H groups in total. The van der Waals surface area contributed by atoms with E-state index in [9.17, 15) is 18.3 Å². The minimum absolute atomic E-state index is 0.102. The molecule has 0 saturated heterocycles. The maximum atomic E-state index is 12.8. The Morgan fingerprint density at radius 2 is 1.85 bits per heavy atom. The van der Waals surface area contributed by atoms with Gasteiger partial charge >= 0.3 is 6.18 Å². The Labute approximate surface area is 117 Å². The van der Waals surface area contributed by atoms with Crippen LogP contribution in [0.5, 0.6) is 0 Å². The molecule has 1 aromatic rings. The molecule has 0 aromatic carbocycles. The molecule has 4 nitrogen and oxygen atoms in total. The van der Waals surface area contributed by atoms with Crippen LogP contribution >= 0.6 is 0 Å². The van der Waals surface area contributed by atoms with Crippen molar-refractivity contribution in [1.82, 2.24) is 14.7 Å². The first-order valence-corrected chi connectivity index (χ1v) is 6.62. The van der Waals surface area contributed by atoms with Crippen LogP contribution in [0.3, 0.4) is 0 Å². The molecule has 7 heteroatoms. The normalized spacial score (nSPS) is 13.2. The van der Waals surface area contributed by atoms with Gasteiger partial charge in [-0.05, 0) is 19.9 Å². The van der Waals surface area contributed by atoms with E-state index in [1.165, 1.54) is 13.2 Å². The van der Waals surface area contributed by atoms with E-state index in [0.29, 0.717) is 19.4 Å². The molecule has 116 valence electrons. The van der Waals surface area contributed by atoms with Crippen molar-refractivity contribution in [3.63, 3.8) is 0 Å². The van der Waals surface area contributed by atoms with E-state index in [1.54, 1.807) is 11.9 Å². The summed E-state index contributed by atoms with van der Waals surface area (Å²) in [6.07, 6.45) is -1.96. The predicted molar refractivity (Wildman–Crippen MR) is 70.1 cm³/mol. The summed E-state index contributed by atoms with van der Waals surface area (Å²) in [5.41, 5.74) is -1.60. The molecule has 0 bridgehead atoms. The molecule has 1 rings (SSSR count). The average molecular weight is 293 g/mol. The molecule has 0 spiro atoms. The van der Waals surface area contributed by atoms with E-state index in [0.717, 1.165) is 4.68 Å². The van der Waals surface area contributed by atoms with Crippen molar-refractivity contribution < 1.29 is 18.3 Å². The number of rotatable bonds is 6. The van der Waals surface area contributed by atoms with Gasteiger partial charge in [0.1, 0.15) is 0 Å². The molecule has 1 heterocycles. The Balaban J connectivity index is 2.84. The molecule has 0 unspecified atom stereocenters. The minimum Gasteiger partial charge on any atom is -0.389 e. The van der Waals surface area contributed by atoms with Crippen molar-refractivity contribution in [2.24, 2.45) is 7.05 Å². The van der Waals surface area contributed by atoms with Gasteiger partial charge in [-0.1, -0.05) is 13.8 Å². The summed E-state index contributed by atoms with van der Waals surface area (Å²) in [7, 11) is 3.16. The van der Waals surface area contributed by atoms with Gasteiger partial charge in [0.25, 0.3) is 0 Å². The largest absolute Gasteiger partial charge is 0.435 e. The van der Waals surface area contributed by atoms with E-state index in [2.05, 4.69) is 5.10 Å². The Bertz CT molecular complexity index is 439. The fraction of sp³-hybridized carbons (Fsp3) is 0.769. The van der Waals surface area contributed by atoms with Crippen molar-refractivity contribution >= 4 is 0 Å². The third kappa shape index (κ3) is 4.21. The first-order valence-electron chi connectivity index (χ1n) is 6.62. The van der Waals surface area contributed by atoms with E-state index >= 15 is 0 Å². The van der Waals surface area contributed by atoms with Crippen LogP contribution in [0.2, 0.25) is 0 Å². The lowest BCUT2D eigenvalue weighted by atomic mass is 9.97. The van der Waals surface area contributed by atoms with Gasteiger partial charge < -0.3 is 5.11 Å². The van der Waals surface area contributed by atoms with Crippen molar-refractivity contribution in [1.29, 1.82) is 0 Å². The first-order chi connectivity index (χ1) is 9.11. The second-order valence-corrected chi connectivity index (χ2v) is 5.28. The maximum Gasteiger partial charge on any atom is 0.435 e. The van der Waals surface area contributed by atoms with Crippen molar-refractivity contribution in [3.05, 3.63) is 17.5 Å². The molecule has 0 aliphatic rings. The van der Waals surface area contributed by atoms with Crippen LogP contribution in [-0.4, -0.2) is 39.0 Å². The van der Waals surface area contributed by atoms with Gasteiger partial charge in [0.2, 0.25) is 0 Å². The molecule has 0 saturated carbocycles. The standard InChI is InChI=1S/C13H22F3N3O/c1-5-12(20,6-2)9-18(3)7-10-8-19(4)17-11(10)13(14,15)16/h8,20H,5-7,9H2,1-4H3.